The van der Waals surface area contributed by atoms with Gasteiger partial charge in [0.1, 0.15) is 0 Å². The lowest BCUT2D eigenvalue weighted by atomic mass is 11.4. The lowest BCUT2D eigenvalue weighted by Gasteiger charge is -1.91. The van der Waals surface area contributed by atoms with Gasteiger partial charge in [0, 0.05) is 0 Å². The lowest BCUT2D eigenvalue weighted by molar-refractivity contribution is -0.416. The van der Waals surface area contributed by atoms with Crippen LogP contribution in [0.5, 0.6) is 0 Å². The van der Waals surface area contributed by atoms with Crippen LogP contribution in [-0.2, 0) is 9.68 Å². The van der Waals surface area contributed by atoms with Gasteiger partial charge in [-0.05, 0) is 4.53 Å². The van der Waals surface area contributed by atoms with E-state index >= 15 is 0 Å². The van der Waals surface area contributed by atoms with Crippen LogP contribution in [0.1, 0.15) is 0 Å². The Morgan fingerprint density at radius 1 is 1.00 bits per heavy atom. The lowest BCUT2D eigenvalue weighted by Crippen LogP contribution is -2.05. The zero-order valence-electron chi connectivity index (χ0n) is 5.00. The second-order valence-corrected chi connectivity index (χ2v) is 0.945. The highest BCUT2D eigenvalue weighted by molar-refractivity contribution is 4.11. The first-order chi connectivity index (χ1) is 4.97. The summed E-state index contributed by atoms with van der Waals surface area (Å²) in [6.07, 6.45) is -5.12. The summed E-state index contributed by atoms with van der Waals surface area (Å²) in [7, 11) is 0. The van der Waals surface area contributed by atoms with Crippen molar-refractivity contribution in [3.8, 4) is 0 Å². The summed E-state index contributed by atoms with van der Waals surface area (Å²) < 4.78 is 65.0. The van der Waals surface area contributed by atoms with Gasteiger partial charge in [-0.1, -0.05) is 4.94 Å². The van der Waals surface area contributed by atoms with Crippen molar-refractivity contribution in [1.82, 2.24) is 0 Å². The van der Waals surface area contributed by atoms with Crippen LogP contribution in [0.4, 0.5) is 26.5 Å². The fourth-order valence-corrected chi connectivity index (χ4v) is 0.0292. The smallest absolute Gasteiger partial charge is 0.319 e. The standard InChI is InChI=1S/C2H4F2O.CF4O/c3-1-5-2-4;2-1(3,4)6-5/h1-2H2;. The minimum atomic E-state index is -5.12. The summed E-state index contributed by atoms with van der Waals surface area (Å²) in [5.74, 6) is 0. The molecule has 70 valence electrons. The van der Waals surface area contributed by atoms with Crippen LogP contribution in [0.25, 0.3) is 0 Å². The van der Waals surface area contributed by atoms with Crippen molar-refractivity contribution < 1.29 is 36.2 Å². The van der Waals surface area contributed by atoms with Crippen molar-refractivity contribution in [2.45, 2.75) is 6.36 Å². The van der Waals surface area contributed by atoms with E-state index < -0.39 is 20.1 Å². The molecule has 0 fully saturated rings. The van der Waals surface area contributed by atoms with Crippen molar-refractivity contribution in [1.29, 1.82) is 0 Å². The SMILES string of the molecule is FCOCF.FOC(F)(F)F. The summed E-state index contributed by atoms with van der Waals surface area (Å²) in [5.41, 5.74) is 0. The highest BCUT2D eigenvalue weighted by Crippen LogP contribution is 2.15. The average molecular weight is 186 g/mol. The summed E-state index contributed by atoms with van der Waals surface area (Å²) in [6.45, 7) is -2.06. The molecule has 11 heavy (non-hydrogen) atoms. The summed E-state index contributed by atoms with van der Waals surface area (Å²) in [4.78, 5) is 1.44. The zero-order valence-corrected chi connectivity index (χ0v) is 5.00. The second-order valence-electron chi connectivity index (χ2n) is 0.945. The first-order valence-electron chi connectivity index (χ1n) is 2.04. The second kappa shape index (κ2) is 7.61. The van der Waals surface area contributed by atoms with Crippen LogP contribution < -0.4 is 0 Å². The number of alkyl halides is 5. The van der Waals surface area contributed by atoms with Gasteiger partial charge in [-0.15, -0.1) is 13.2 Å². The first-order valence-corrected chi connectivity index (χ1v) is 2.04. The van der Waals surface area contributed by atoms with E-state index in [-0.39, 0.29) is 0 Å². The third-order valence-electron chi connectivity index (χ3n) is 0.242. The molecule has 0 aliphatic carbocycles. The molecule has 0 aromatic carbocycles. The van der Waals surface area contributed by atoms with E-state index in [9.17, 15) is 26.5 Å². The molecule has 0 N–H and O–H groups in total. The van der Waals surface area contributed by atoms with Gasteiger partial charge in [0.15, 0.2) is 13.7 Å². The first kappa shape index (κ1) is 13.1. The molecule has 8 heteroatoms. The Morgan fingerprint density at radius 3 is 1.27 bits per heavy atom. The Bertz CT molecular complexity index is 70.7. The van der Waals surface area contributed by atoms with Crippen LogP contribution in [0.15, 0.2) is 0 Å². The van der Waals surface area contributed by atoms with Crippen molar-refractivity contribution in [3.63, 3.8) is 0 Å². The zero-order chi connectivity index (χ0) is 9.33. The van der Waals surface area contributed by atoms with E-state index in [4.69, 9.17) is 0 Å². The van der Waals surface area contributed by atoms with Crippen LogP contribution in [0, 0.1) is 0 Å². The Morgan fingerprint density at radius 2 is 1.27 bits per heavy atom. The highest BCUT2D eigenvalue weighted by Gasteiger charge is 2.30. The maximum absolute atomic E-state index is 10.5. The van der Waals surface area contributed by atoms with Crippen LogP contribution >= 0.6 is 0 Å². The fraction of sp³-hybridized carbons (Fsp3) is 1.00. The van der Waals surface area contributed by atoms with Gasteiger partial charge in [-0.25, -0.2) is 8.78 Å². The molecule has 0 aromatic heterocycles. The van der Waals surface area contributed by atoms with Crippen molar-refractivity contribution in [2.24, 2.45) is 0 Å². The monoisotopic (exact) mass is 186 g/mol. The Kier molecular flexibility index (Phi) is 9.07. The van der Waals surface area contributed by atoms with Gasteiger partial charge in [-0.2, -0.15) is 0 Å². The molecule has 0 spiro atoms. The van der Waals surface area contributed by atoms with Crippen molar-refractivity contribution in [3.05, 3.63) is 0 Å². The molecule has 2 nitrogen and oxygen atoms in total. The van der Waals surface area contributed by atoms with Gasteiger partial charge in [-0.3, -0.25) is 0 Å². The van der Waals surface area contributed by atoms with Crippen LogP contribution in [0.3, 0.4) is 0 Å². The maximum Gasteiger partial charge on any atom is 0.553 e. The number of rotatable bonds is 2. The number of halogens is 6. The van der Waals surface area contributed by atoms with Crippen molar-refractivity contribution >= 4 is 0 Å². The van der Waals surface area contributed by atoms with E-state index in [1.807, 2.05) is 0 Å². The average Bonchev–Trinajstić information content (AvgIpc) is 1.90. The van der Waals surface area contributed by atoms with E-state index in [1.54, 1.807) is 0 Å². The summed E-state index contributed by atoms with van der Waals surface area (Å²) in [5, 5.41) is 0. The van der Waals surface area contributed by atoms with Gasteiger partial charge in [0.2, 0.25) is 0 Å². The van der Waals surface area contributed by atoms with Crippen molar-refractivity contribution in [2.75, 3.05) is 13.7 Å². The maximum atomic E-state index is 10.5. The highest BCUT2D eigenvalue weighted by atomic mass is 19.5. The van der Waals surface area contributed by atoms with E-state index in [1.165, 1.54) is 4.94 Å². The normalized spacial score (nSPS) is 10.4. The predicted octanol–water partition coefficient (Wildman–Crippen LogP) is 2.26. The van der Waals surface area contributed by atoms with Gasteiger partial charge in [0.05, 0.1) is 0 Å². The minimum Gasteiger partial charge on any atom is -0.319 e. The molecule has 0 saturated carbocycles. The molecule has 0 atom stereocenters. The molecule has 0 amide bonds. The van der Waals surface area contributed by atoms with Gasteiger partial charge < -0.3 is 4.74 Å². The molecule has 0 heterocycles. The molecule has 0 rings (SSSR count). The number of hydrogen-bond acceptors (Lipinski definition) is 2. The molecule has 0 bridgehead atoms. The molecular weight excluding hydrogens is 182 g/mol. The van der Waals surface area contributed by atoms with Gasteiger partial charge >= 0.3 is 6.36 Å². The largest absolute Gasteiger partial charge is 0.553 e. The van der Waals surface area contributed by atoms with E-state index in [0.29, 0.717) is 0 Å². The topological polar surface area (TPSA) is 18.5 Å². The minimum absolute atomic E-state index is 1.03. The fourth-order valence-electron chi connectivity index (χ4n) is 0.0292. The summed E-state index contributed by atoms with van der Waals surface area (Å²) >= 11 is 0. The third kappa shape index (κ3) is 26.4. The predicted molar refractivity (Wildman–Crippen MR) is 21.3 cm³/mol. The van der Waals surface area contributed by atoms with Crippen LogP contribution in [-0.4, -0.2) is 20.1 Å². The number of ether oxygens (including phenoxy) is 1. The molecule has 0 aliphatic heterocycles. The van der Waals surface area contributed by atoms with Gasteiger partial charge in [0.25, 0.3) is 0 Å². The molecule has 0 aliphatic rings. The van der Waals surface area contributed by atoms with E-state index in [2.05, 4.69) is 4.74 Å². The Balaban J connectivity index is 0. The Hall–Kier alpha value is -0.500. The third-order valence-corrected chi connectivity index (χ3v) is 0.242. The molecular formula is C3H4F6O2. The van der Waals surface area contributed by atoms with Crippen LogP contribution in [0.2, 0.25) is 0 Å². The Labute approximate surface area is 57.6 Å². The quantitative estimate of drug-likeness (QED) is 0.615. The number of hydrogen-bond donors (Lipinski definition) is 0. The molecule has 0 unspecified atom stereocenters. The molecule has 0 radical (unpaired) electrons. The summed E-state index contributed by atoms with van der Waals surface area (Å²) in [6, 6.07) is 0. The molecule has 0 saturated heterocycles. The molecule has 0 aromatic rings. The van der Waals surface area contributed by atoms with E-state index in [0.717, 1.165) is 0 Å².